The Hall–Kier alpha value is -1.79. The van der Waals surface area contributed by atoms with Crippen molar-refractivity contribution in [3.8, 4) is 0 Å². The maximum Gasteiger partial charge on any atom is 0.269 e. The molecule has 0 saturated carbocycles. The zero-order valence-electron chi connectivity index (χ0n) is 12.6. The summed E-state index contributed by atoms with van der Waals surface area (Å²) in [6.45, 7) is 3.64. The molecule has 2 aromatic heterocycles. The molecule has 0 radical (unpaired) electrons. The molecule has 1 atom stereocenters. The summed E-state index contributed by atoms with van der Waals surface area (Å²) in [6, 6.07) is 5.94. The van der Waals surface area contributed by atoms with Crippen LogP contribution in [-0.2, 0) is 6.42 Å². The number of rotatable bonds is 5. The average Bonchev–Trinajstić information content (AvgIpc) is 3.19. The first-order valence-electron chi connectivity index (χ1n) is 7.62. The molecule has 0 bridgehead atoms. The lowest BCUT2D eigenvalue weighted by molar-refractivity contribution is 0.0949. The number of hydrogen-bond donors (Lipinski definition) is 2. The minimum atomic E-state index is -0.117. The van der Waals surface area contributed by atoms with Gasteiger partial charge in [-0.25, -0.2) is 9.97 Å². The molecule has 2 aromatic rings. The summed E-state index contributed by atoms with van der Waals surface area (Å²) in [4.78, 5) is 22.2. The second-order valence-electron chi connectivity index (χ2n) is 5.47. The van der Waals surface area contributed by atoms with Crippen molar-refractivity contribution in [1.29, 1.82) is 0 Å². The van der Waals surface area contributed by atoms with E-state index in [0.717, 1.165) is 36.5 Å². The Morgan fingerprint density at radius 2 is 2.41 bits per heavy atom. The van der Waals surface area contributed by atoms with Crippen LogP contribution in [0.5, 0.6) is 0 Å². The van der Waals surface area contributed by atoms with Crippen molar-refractivity contribution in [2.45, 2.75) is 32.2 Å². The Morgan fingerprint density at radius 3 is 3.14 bits per heavy atom. The van der Waals surface area contributed by atoms with Crippen LogP contribution in [0.1, 0.15) is 45.0 Å². The van der Waals surface area contributed by atoms with E-state index >= 15 is 0 Å². The SMILES string of the molecule is Cc1cnc(CCNC(=O)c2cccc([C@@H]3CCCN3)n2)s1. The molecule has 6 heteroatoms. The van der Waals surface area contributed by atoms with E-state index in [4.69, 9.17) is 0 Å². The maximum atomic E-state index is 12.2. The van der Waals surface area contributed by atoms with Crippen molar-refractivity contribution in [3.63, 3.8) is 0 Å². The number of aromatic nitrogens is 2. The van der Waals surface area contributed by atoms with Crippen molar-refractivity contribution >= 4 is 17.2 Å². The number of carbonyl (C=O) groups is 1. The number of thiazole rings is 1. The maximum absolute atomic E-state index is 12.2. The molecule has 2 N–H and O–H groups in total. The molecule has 0 unspecified atom stereocenters. The Morgan fingerprint density at radius 1 is 1.50 bits per heavy atom. The van der Waals surface area contributed by atoms with Crippen LogP contribution in [0.25, 0.3) is 0 Å². The van der Waals surface area contributed by atoms with Gasteiger partial charge in [0.15, 0.2) is 0 Å². The van der Waals surface area contributed by atoms with Gasteiger partial charge in [0.05, 0.1) is 10.7 Å². The molecule has 1 amide bonds. The number of nitrogens with zero attached hydrogens (tertiary/aromatic N) is 2. The molecule has 3 rings (SSSR count). The molecule has 1 saturated heterocycles. The number of hydrogen-bond acceptors (Lipinski definition) is 5. The third-order valence-corrected chi connectivity index (χ3v) is 4.69. The first-order valence-corrected chi connectivity index (χ1v) is 8.44. The van der Waals surface area contributed by atoms with Crippen molar-refractivity contribution in [3.05, 3.63) is 45.7 Å². The number of carbonyl (C=O) groups excluding carboxylic acids is 1. The average molecular weight is 316 g/mol. The Bertz CT molecular complexity index is 649. The standard InChI is InChI=1S/C16H20N4OS/c1-11-10-19-15(22-11)7-9-18-16(21)14-5-2-4-13(20-14)12-6-3-8-17-12/h2,4-5,10,12,17H,3,6-9H2,1H3,(H,18,21)/t12-/m0/s1. The second kappa shape index (κ2) is 6.98. The molecule has 1 aliphatic rings. The largest absolute Gasteiger partial charge is 0.350 e. The van der Waals surface area contributed by atoms with Crippen LogP contribution < -0.4 is 10.6 Å². The van der Waals surface area contributed by atoms with Gasteiger partial charge < -0.3 is 10.6 Å². The van der Waals surface area contributed by atoms with Crippen molar-refractivity contribution in [2.75, 3.05) is 13.1 Å². The number of nitrogens with one attached hydrogen (secondary N) is 2. The molecular weight excluding hydrogens is 296 g/mol. The van der Waals surface area contributed by atoms with Crippen LogP contribution >= 0.6 is 11.3 Å². The molecule has 5 nitrogen and oxygen atoms in total. The first-order chi connectivity index (χ1) is 10.7. The summed E-state index contributed by atoms with van der Waals surface area (Å²) in [6.07, 6.45) is 4.87. The molecule has 1 fully saturated rings. The molecule has 1 aliphatic heterocycles. The number of aryl methyl sites for hydroxylation is 1. The second-order valence-corrected chi connectivity index (χ2v) is 6.79. The van der Waals surface area contributed by atoms with E-state index in [9.17, 15) is 4.79 Å². The third kappa shape index (κ3) is 3.69. The number of amides is 1. The summed E-state index contributed by atoms with van der Waals surface area (Å²) in [7, 11) is 0. The van der Waals surface area contributed by atoms with E-state index in [1.165, 1.54) is 4.88 Å². The predicted molar refractivity (Wildman–Crippen MR) is 87.1 cm³/mol. The molecule has 0 aliphatic carbocycles. The van der Waals surface area contributed by atoms with Crippen LogP contribution in [0.4, 0.5) is 0 Å². The highest BCUT2D eigenvalue weighted by Gasteiger charge is 2.18. The molecule has 116 valence electrons. The molecule has 0 spiro atoms. The highest BCUT2D eigenvalue weighted by molar-refractivity contribution is 7.11. The lowest BCUT2D eigenvalue weighted by Gasteiger charge is -2.11. The fourth-order valence-corrected chi connectivity index (χ4v) is 3.39. The van der Waals surface area contributed by atoms with Crippen LogP contribution in [0.15, 0.2) is 24.4 Å². The highest BCUT2D eigenvalue weighted by atomic mass is 32.1. The van der Waals surface area contributed by atoms with Gasteiger partial charge in [0.25, 0.3) is 5.91 Å². The zero-order valence-corrected chi connectivity index (χ0v) is 13.4. The van der Waals surface area contributed by atoms with E-state index in [1.54, 1.807) is 17.4 Å². The quantitative estimate of drug-likeness (QED) is 0.888. The highest BCUT2D eigenvalue weighted by Crippen LogP contribution is 2.21. The molecule has 0 aromatic carbocycles. The smallest absolute Gasteiger partial charge is 0.269 e. The predicted octanol–water partition coefficient (Wildman–Crippen LogP) is 2.24. The van der Waals surface area contributed by atoms with Gasteiger partial charge in [-0.1, -0.05) is 6.07 Å². The van der Waals surface area contributed by atoms with Gasteiger partial charge >= 0.3 is 0 Å². The summed E-state index contributed by atoms with van der Waals surface area (Å²) >= 11 is 1.67. The van der Waals surface area contributed by atoms with Gasteiger partial charge in [0.2, 0.25) is 0 Å². The Labute approximate surface area is 134 Å². The monoisotopic (exact) mass is 316 g/mol. The molecular formula is C16H20N4OS. The summed E-state index contributed by atoms with van der Waals surface area (Å²) in [5.74, 6) is -0.117. The van der Waals surface area contributed by atoms with Gasteiger partial charge in [0, 0.05) is 30.1 Å². The Balaban J connectivity index is 1.56. The third-order valence-electron chi connectivity index (χ3n) is 3.71. The van der Waals surface area contributed by atoms with E-state index in [-0.39, 0.29) is 11.9 Å². The normalized spacial score (nSPS) is 17.6. The lowest BCUT2D eigenvalue weighted by atomic mass is 10.1. The van der Waals surface area contributed by atoms with Gasteiger partial charge in [-0.05, 0) is 38.4 Å². The van der Waals surface area contributed by atoms with Crippen molar-refractivity contribution in [1.82, 2.24) is 20.6 Å². The Kier molecular flexibility index (Phi) is 4.80. The van der Waals surface area contributed by atoms with Crippen LogP contribution in [0, 0.1) is 6.92 Å². The summed E-state index contributed by atoms with van der Waals surface area (Å²) < 4.78 is 0. The van der Waals surface area contributed by atoms with Gasteiger partial charge in [-0.2, -0.15) is 0 Å². The van der Waals surface area contributed by atoms with Crippen LogP contribution in [0.2, 0.25) is 0 Å². The van der Waals surface area contributed by atoms with Gasteiger partial charge in [-0.3, -0.25) is 4.79 Å². The van der Waals surface area contributed by atoms with E-state index in [1.807, 2.05) is 25.3 Å². The molecule has 3 heterocycles. The fraction of sp³-hybridized carbons (Fsp3) is 0.438. The molecule has 22 heavy (non-hydrogen) atoms. The van der Waals surface area contributed by atoms with Crippen molar-refractivity contribution < 1.29 is 4.79 Å². The van der Waals surface area contributed by atoms with Crippen LogP contribution in [-0.4, -0.2) is 29.0 Å². The number of pyridine rings is 1. The topological polar surface area (TPSA) is 66.9 Å². The van der Waals surface area contributed by atoms with Crippen molar-refractivity contribution in [2.24, 2.45) is 0 Å². The fourth-order valence-electron chi connectivity index (χ4n) is 2.60. The van der Waals surface area contributed by atoms with Gasteiger partial charge in [0.1, 0.15) is 5.69 Å². The van der Waals surface area contributed by atoms with Gasteiger partial charge in [-0.15, -0.1) is 11.3 Å². The minimum absolute atomic E-state index is 0.117. The van der Waals surface area contributed by atoms with Crippen LogP contribution in [0.3, 0.4) is 0 Å². The van der Waals surface area contributed by atoms with E-state index in [0.29, 0.717) is 12.2 Å². The summed E-state index contributed by atoms with van der Waals surface area (Å²) in [5.41, 5.74) is 1.45. The van der Waals surface area contributed by atoms with E-state index < -0.39 is 0 Å². The summed E-state index contributed by atoms with van der Waals surface area (Å²) in [5, 5.41) is 7.37. The zero-order chi connectivity index (χ0) is 15.4. The van der Waals surface area contributed by atoms with E-state index in [2.05, 4.69) is 20.6 Å². The minimum Gasteiger partial charge on any atom is -0.350 e. The first kappa shape index (κ1) is 15.1. The lowest BCUT2D eigenvalue weighted by Crippen LogP contribution is -2.27.